The molecule has 0 aliphatic heterocycles. The zero-order valence-electron chi connectivity index (χ0n) is 11.4. The predicted molar refractivity (Wildman–Crippen MR) is 75.3 cm³/mol. The summed E-state index contributed by atoms with van der Waals surface area (Å²) >= 11 is 0. The first-order valence-electron chi connectivity index (χ1n) is 6.58. The first kappa shape index (κ1) is 13.6. The van der Waals surface area contributed by atoms with E-state index in [0.717, 1.165) is 17.9 Å². The van der Waals surface area contributed by atoms with Crippen LogP contribution in [0.5, 0.6) is 11.6 Å². The molecule has 3 nitrogen and oxygen atoms in total. The van der Waals surface area contributed by atoms with Crippen molar-refractivity contribution in [2.45, 2.75) is 33.0 Å². The summed E-state index contributed by atoms with van der Waals surface area (Å²) in [4.78, 5) is 4.43. The van der Waals surface area contributed by atoms with Gasteiger partial charge in [-0.25, -0.2) is 4.98 Å². The van der Waals surface area contributed by atoms with E-state index in [1.165, 1.54) is 0 Å². The molecular weight excluding hydrogens is 238 g/mol. The quantitative estimate of drug-likeness (QED) is 0.777. The van der Waals surface area contributed by atoms with E-state index in [9.17, 15) is 0 Å². The van der Waals surface area contributed by atoms with E-state index in [0.29, 0.717) is 12.5 Å². The van der Waals surface area contributed by atoms with Crippen molar-refractivity contribution >= 4 is 0 Å². The second kappa shape index (κ2) is 6.90. The molecule has 0 amide bonds. The van der Waals surface area contributed by atoms with Crippen molar-refractivity contribution in [3.8, 4) is 11.6 Å². The summed E-state index contributed by atoms with van der Waals surface area (Å²) in [5.74, 6) is 1.38. The van der Waals surface area contributed by atoms with Crippen LogP contribution in [-0.2, 0) is 11.3 Å². The molecule has 100 valence electrons. The molecule has 1 aromatic heterocycles. The van der Waals surface area contributed by atoms with E-state index in [4.69, 9.17) is 9.47 Å². The highest BCUT2D eigenvalue weighted by Gasteiger charge is 2.03. The van der Waals surface area contributed by atoms with Crippen LogP contribution in [0.3, 0.4) is 0 Å². The standard InChI is InChI=1S/C16H19NO2/c1-3-13(2)18-12-14-8-7-11-16(17-14)19-15-9-5-4-6-10-15/h4-11,13H,3,12H2,1-2H3. The summed E-state index contributed by atoms with van der Waals surface area (Å²) in [6, 6.07) is 15.4. The maximum absolute atomic E-state index is 5.69. The van der Waals surface area contributed by atoms with Gasteiger partial charge in [0.25, 0.3) is 0 Å². The molecule has 0 aliphatic carbocycles. The Bertz CT molecular complexity index is 499. The molecule has 0 spiro atoms. The third-order valence-corrected chi connectivity index (χ3v) is 2.84. The molecule has 1 unspecified atom stereocenters. The topological polar surface area (TPSA) is 31.4 Å². The van der Waals surface area contributed by atoms with E-state index in [-0.39, 0.29) is 6.10 Å². The van der Waals surface area contributed by atoms with Crippen LogP contribution < -0.4 is 4.74 Å². The van der Waals surface area contributed by atoms with Crippen LogP contribution in [0.25, 0.3) is 0 Å². The summed E-state index contributed by atoms with van der Waals surface area (Å²) in [7, 11) is 0. The molecule has 0 radical (unpaired) electrons. The Hall–Kier alpha value is -1.87. The van der Waals surface area contributed by atoms with Crippen LogP contribution in [0, 0.1) is 0 Å². The Morgan fingerprint density at radius 2 is 1.84 bits per heavy atom. The lowest BCUT2D eigenvalue weighted by molar-refractivity contribution is 0.0487. The minimum atomic E-state index is 0.250. The number of nitrogens with zero attached hydrogens (tertiary/aromatic N) is 1. The summed E-state index contributed by atoms with van der Waals surface area (Å²) in [6.45, 7) is 4.68. The maximum Gasteiger partial charge on any atom is 0.219 e. The van der Waals surface area contributed by atoms with Crippen LogP contribution in [0.1, 0.15) is 26.0 Å². The first-order chi connectivity index (χ1) is 9.28. The van der Waals surface area contributed by atoms with Gasteiger partial charge < -0.3 is 9.47 Å². The fraction of sp³-hybridized carbons (Fsp3) is 0.312. The van der Waals surface area contributed by atoms with Gasteiger partial charge in [-0.2, -0.15) is 0 Å². The van der Waals surface area contributed by atoms with Gasteiger partial charge >= 0.3 is 0 Å². The average Bonchev–Trinajstić information content (AvgIpc) is 2.46. The number of benzene rings is 1. The largest absolute Gasteiger partial charge is 0.439 e. The molecule has 2 aromatic rings. The maximum atomic E-state index is 5.69. The lowest BCUT2D eigenvalue weighted by Crippen LogP contribution is -2.07. The van der Waals surface area contributed by atoms with Crippen molar-refractivity contribution in [1.29, 1.82) is 0 Å². The number of aromatic nitrogens is 1. The summed E-state index contributed by atoms with van der Waals surface area (Å²) in [5.41, 5.74) is 0.883. The van der Waals surface area contributed by atoms with Crippen LogP contribution in [0.4, 0.5) is 0 Å². The fourth-order valence-electron chi connectivity index (χ4n) is 1.55. The van der Waals surface area contributed by atoms with Gasteiger partial charge in [0.1, 0.15) is 5.75 Å². The molecule has 1 atom stereocenters. The van der Waals surface area contributed by atoms with Crippen molar-refractivity contribution in [3.05, 3.63) is 54.2 Å². The average molecular weight is 257 g/mol. The molecule has 0 aliphatic rings. The van der Waals surface area contributed by atoms with Gasteiger partial charge in [-0.3, -0.25) is 0 Å². The summed E-state index contributed by atoms with van der Waals surface area (Å²) in [5, 5.41) is 0. The molecule has 0 fully saturated rings. The van der Waals surface area contributed by atoms with Gasteiger partial charge in [0.15, 0.2) is 0 Å². The molecular formula is C16H19NO2. The number of rotatable bonds is 6. The monoisotopic (exact) mass is 257 g/mol. The SMILES string of the molecule is CCC(C)OCc1cccc(Oc2ccccc2)n1. The van der Waals surface area contributed by atoms with Crippen LogP contribution >= 0.6 is 0 Å². The highest BCUT2D eigenvalue weighted by molar-refractivity contribution is 5.27. The Kier molecular flexibility index (Phi) is 4.93. The van der Waals surface area contributed by atoms with Crippen molar-refractivity contribution in [1.82, 2.24) is 4.98 Å². The Labute approximate surface area is 114 Å². The van der Waals surface area contributed by atoms with E-state index < -0.39 is 0 Å². The van der Waals surface area contributed by atoms with Gasteiger partial charge in [-0.05, 0) is 31.5 Å². The smallest absolute Gasteiger partial charge is 0.219 e. The van der Waals surface area contributed by atoms with Gasteiger partial charge in [-0.1, -0.05) is 31.2 Å². The lowest BCUT2D eigenvalue weighted by Gasteiger charge is -2.11. The number of para-hydroxylation sites is 1. The number of hydrogen-bond donors (Lipinski definition) is 0. The highest BCUT2D eigenvalue weighted by atomic mass is 16.5. The van der Waals surface area contributed by atoms with Crippen molar-refractivity contribution < 1.29 is 9.47 Å². The van der Waals surface area contributed by atoms with Crippen molar-refractivity contribution in [2.75, 3.05) is 0 Å². The van der Waals surface area contributed by atoms with E-state index in [2.05, 4.69) is 18.8 Å². The van der Waals surface area contributed by atoms with Gasteiger partial charge in [0, 0.05) is 6.07 Å². The predicted octanol–water partition coefficient (Wildman–Crippen LogP) is 4.19. The molecule has 0 bridgehead atoms. The van der Waals surface area contributed by atoms with Gasteiger partial charge in [0.2, 0.25) is 5.88 Å². The van der Waals surface area contributed by atoms with Gasteiger partial charge in [0.05, 0.1) is 18.4 Å². The number of ether oxygens (including phenoxy) is 2. The molecule has 3 heteroatoms. The number of pyridine rings is 1. The second-order valence-electron chi connectivity index (χ2n) is 4.41. The van der Waals surface area contributed by atoms with Crippen LogP contribution in [-0.4, -0.2) is 11.1 Å². The highest BCUT2D eigenvalue weighted by Crippen LogP contribution is 2.19. The Morgan fingerprint density at radius 1 is 1.05 bits per heavy atom. The van der Waals surface area contributed by atoms with Crippen LogP contribution in [0.2, 0.25) is 0 Å². The van der Waals surface area contributed by atoms with Gasteiger partial charge in [-0.15, -0.1) is 0 Å². The summed E-state index contributed by atoms with van der Waals surface area (Å²) < 4.78 is 11.3. The first-order valence-corrected chi connectivity index (χ1v) is 6.58. The zero-order valence-corrected chi connectivity index (χ0v) is 11.4. The Morgan fingerprint density at radius 3 is 2.58 bits per heavy atom. The normalized spacial score (nSPS) is 12.1. The van der Waals surface area contributed by atoms with E-state index in [1.54, 1.807) is 0 Å². The molecule has 19 heavy (non-hydrogen) atoms. The third kappa shape index (κ3) is 4.38. The zero-order chi connectivity index (χ0) is 13.5. The van der Waals surface area contributed by atoms with Crippen molar-refractivity contribution in [2.24, 2.45) is 0 Å². The third-order valence-electron chi connectivity index (χ3n) is 2.84. The molecule has 0 saturated heterocycles. The number of hydrogen-bond acceptors (Lipinski definition) is 3. The minimum Gasteiger partial charge on any atom is -0.439 e. The van der Waals surface area contributed by atoms with E-state index in [1.807, 2.05) is 48.5 Å². The minimum absolute atomic E-state index is 0.250. The van der Waals surface area contributed by atoms with Crippen molar-refractivity contribution in [3.63, 3.8) is 0 Å². The lowest BCUT2D eigenvalue weighted by atomic mass is 10.3. The molecule has 1 heterocycles. The molecule has 1 aromatic carbocycles. The second-order valence-corrected chi connectivity index (χ2v) is 4.41. The molecule has 0 saturated carbocycles. The van der Waals surface area contributed by atoms with Crippen LogP contribution in [0.15, 0.2) is 48.5 Å². The molecule has 2 rings (SSSR count). The summed E-state index contributed by atoms with van der Waals surface area (Å²) in [6.07, 6.45) is 1.25. The fourth-order valence-corrected chi connectivity index (χ4v) is 1.55. The Balaban J connectivity index is 1.99. The molecule has 0 N–H and O–H groups in total. The van der Waals surface area contributed by atoms with E-state index >= 15 is 0 Å².